The van der Waals surface area contributed by atoms with Crippen molar-refractivity contribution < 1.29 is 14.3 Å². The van der Waals surface area contributed by atoms with E-state index in [0.29, 0.717) is 11.6 Å². The molecule has 0 radical (unpaired) electrons. The van der Waals surface area contributed by atoms with Gasteiger partial charge in [-0.2, -0.15) is 0 Å². The van der Waals surface area contributed by atoms with E-state index in [1.807, 2.05) is 41.8 Å². The number of carbonyl (C=O) groups is 2. The lowest BCUT2D eigenvalue weighted by Gasteiger charge is -2.15. The summed E-state index contributed by atoms with van der Waals surface area (Å²) >= 11 is 9.40. The minimum atomic E-state index is -0.573. The number of thiophene rings is 2. The number of amides is 1. The zero-order valence-electron chi connectivity index (χ0n) is 14.0. The Balaban J connectivity index is 1.54. The Morgan fingerprint density at radius 2 is 2.04 bits per heavy atom. The molecule has 0 aliphatic heterocycles. The molecule has 2 heterocycles. The van der Waals surface area contributed by atoms with Crippen LogP contribution in [0.2, 0.25) is 5.02 Å². The van der Waals surface area contributed by atoms with Crippen molar-refractivity contribution in [2.24, 2.45) is 0 Å². The number of hydrogen-bond acceptors (Lipinski definition) is 5. The molecular weight excluding hydrogens is 390 g/mol. The fourth-order valence-corrected chi connectivity index (χ4v) is 4.46. The number of benzene rings is 1. The van der Waals surface area contributed by atoms with Gasteiger partial charge in [0.2, 0.25) is 0 Å². The summed E-state index contributed by atoms with van der Waals surface area (Å²) in [6.45, 7) is 0.215. The smallest absolute Gasteiger partial charge is 0.331 e. The molecule has 0 atom stereocenters. The molecule has 1 amide bonds. The van der Waals surface area contributed by atoms with E-state index in [-0.39, 0.29) is 12.5 Å². The van der Waals surface area contributed by atoms with Crippen LogP contribution >= 0.6 is 34.3 Å². The molecule has 0 aliphatic carbocycles. The summed E-state index contributed by atoms with van der Waals surface area (Å²) < 4.78 is 6.08. The van der Waals surface area contributed by atoms with Crippen LogP contribution in [0.5, 0.6) is 0 Å². The summed E-state index contributed by atoms with van der Waals surface area (Å²) in [7, 11) is 1.68. The third-order valence-corrected chi connectivity index (χ3v) is 6.18. The first-order valence-electron chi connectivity index (χ1n) is 7.83. The van der Waals surface area contributed by atoms with E-state index in [1.165, 1.54) is 22.3 Å². The van der Waals surface area contributed by atoms with Gasteiger partial charge in [0.15, 0.2) is 6.61 Å². The Bertz CT molecular complexity index is 947. The van der Waals surface area contributed by atoms with Gasteiger partial charge in [0.1, 0.15) is 0 Å². The van der Waals surface area contributed by atoms with Crippen molar-refractivity contribution in [3.8, 4) is 0 Å². The number of halogens is 1. The molecule has 3 aromatic rings. The molecule has 0 saturated heterocycles. The van der Waals surface area contributed by atoms with Crippen LogP contribution in [-0.2, 0) is 20.9 Å². The van der Waals surface area contributed by atoms with Crippen molar-refractivity contribution in [1.29, 1.82) is 0 Å². The molecule has 1 aromatic carbocycles. The molecule has 134 valence electrons. The average molecular weight is 406 g/mol. The maximum absolute atomic E-state index is 12.0. The lowest BCUT2D eigenvalue weighted by Crippen LogP contribution is -2.30. The zero-order chi connectivity index (χ0) is 18.5. The van der Waals surface area contributed by atoms with Crippen molar-refractivity contribution >= 4 is 62.3 Å². The van der Waals surface area contributed by atoms with E-state index in [9.17, 15) is 9.59 Å². The Morgan fingerprint density at radius 1 is 1.23 bits per heavy atom. The summed E-state index contributed by atoms with van der Waals surface area (Å²) in [6, 6.07) is 11.7. The van der Waals surface area contributed by atoms with Crippen molar-refractivity contribution in [2.75, 3.05) is 13.7 Å². The monoisotopic (exact) mass is 405 g/mol. The van der Waals surface area contributed by atoms with Crippen molar-refractivity contribution in [1.82, 2.24) is 4.90 Å². The van der Waals surface area contributed by atoms with Gasteiger partial charge in [-0.25, -0.2) is 4.79 Å². The molecular formula is C19H16ClNO3S2. The maximum Gasteiger partial charge on any atom is 0.331 e. The Morgan fingerprint density at radius 3 is 2.77 bits per heavy atom. The normalized spacial score (nSPS) is 11.2. The molecule has 4 nitrogen and oxygen atoms in total. The number of ether oxygens (including phenoxy) is 1. The van der Waals surface area contributed by atoms with Crippen molar-refractivity contribution in [2.45, 2.75) is 6.54 Å². The molecule has 0 aliphatic rings. The third-order valence-electron chi connectivity index (χ3n) is 3.67. The van der Waals surface area contributed by atoms with Crippen LogP contribution in [0.25, 0.3) is 16.2 Å². The zero-order valence-corrected chi connectivity index (χ0v) is 16.4. The molecule has 0 bridgehead atoms. The summed E-state index contributed by atoms with van der Waals surface area (Å²) in [5.41, 5.74) is 0. The van der Waals surface area contributed by atoms with Gasteiger partial charge in [-0.15, -0.1) is 22.7 Å². The van der Waals surface area contributed by atoms with Crippen LogP contribution in [0.3, 0.4) is 0 Å². The Kier molecular flexibility index (Phi) is 6.08. The lowest BCUT2D eigenvalue weighted by atomic mass is 10.2. The summed E-state index contributed by atoms with van der Waals surface area (Å²) in [5.74, 6) is -0.823. The predicted molar refractivity (Wildman–Crippen MR) is 108 cm³/mol. The number of carbonyl (C=O) groups excluding carboxylic acids is 2. The fourth-order valence-electron chi connectivity index (χ4n) is 2.30. The largest absolute Gasteiger partial charge is 0.452 e. The van der Waals surface area contributed by atoms with Crippen LogP contribution in [-0.4, -0.2) is 30.4 Å². The first-order valence-corrected chi connectivity index (χ1v) is 9.90. The quantitative estimate of drug-likeness (QED) is 0.436. The molecule has 0 spiro atoms. The highest BCUT2D eigenvalue weighted by atomic mass is 35.5. The number of esters is 1. The highest BCUT2D eigenvalue weighted by Crippen LogP contribution is 2.35. The summed E-state index contributed by atoms with van der Waals surface area (Å²) in [4.78, 5) is 27.3. The van der Waals surface area contributed by atoms with Crippen LogP contribution in [0.15, 0.2) is 47.9 Å². The molecule has 0 unspecified atom stereocenters. The van der Waals surface area contributed by atoms with Crippen LogP contribution in [0.1, 0.15) is 9.75 Å². The molecule has 2 aromatic heterocycles. The van der Waals surface area contributed by atoms with E-state index in [0.717, 1.165) is 19.8 Å². The molecule has 3 rings (SSSR count). The molecule has 0 N–H and O–H groups in total. The Hall–Kier alpha value is -2.15. The second-order valence-corrected chi connectivity index (χ2v) is 8.04. The number of hydrogen-bond donors (Lipinski definition) is 0. The SMILES string of the molecule is CN(Cc1cccs1)C(=O)COC(=O)/C=C/c1sc2ccccc2c1Cl. The molecule has 0 fully saturated rings. The minimum Gasteiger partial charge on any atom is -0.452 e. The predicted octanol–water partition coefficient (Wildman–Crippen LogP) is 4.83. The second-order valence-electron chi connectivity index (χ2n) is 5.55. The second kappa shape index (κ2) is 8.49. The van der Waals surface area contributed by atoms with Crippen molar-refractivity contribution in [3.63, 3.8) is 0 Å². The first kappa shape index (κ1) is 18.6. The minimum absolute atomic E-state index is 0.250. The van der Waals surface area contributed by atoms with Crippen molar-refractivity contribution in [3.05, 3.63) is 62.6 Å². The highest BCUT2D eigenvalue weighted by molar-refractivity contribution is 7.20. The number of nitrogens with zero attached hydrogens (tertiary/aromatic N) is 1. The van der Waals surface area contributed by atoms with E-state index < -0.39 is 5.97 Å². The van der Waals surface area contributed by atoms with Gasteiger partial charge >= 0.3 is 5.97 Å². The van der Waals surface area contributed by atoms with Crippen LogP contribution < -0.4 is 0 Å². The fraction of sp³-hybridized carbons (Fsp3) is 0.158. The average Bonchev–Trinajstić information content (AvgIpc) is 3.26. The van der Waals surface area contributed by atoms with Gasteiger partial charge in [-0.3, -0.25) is 4.79 Å². The van der Waals surface area contributed by atoms with Gasteiger partial charge in [0, 0.05) is 33.0 Å². The number of likely N-dealkylation sites (N-methyl/N-ethyl adjacent to an activating group) is 1. The maximum atomic E-state index is 12.0. The van der Waals surface area contributed by atoms with Gasteiger partial charge in [-0.1, -0.05) is 35.9 Å². The standard InChI is InChI=1S/C19H16ClNO3S2/c1-21(11-13-5-4-10-25-13)17(22)12-24-18(23)9-8-16-19(20)14-6-2-3-7-15(14)26-16/h2-10H,11-12H2,1H3/b9-8+. The van der Waals surface area contributed by atoms with Gasteiger partial charge in [-0.05, 0) is 23.6 Å². The van der Waals surface area contributed by atoms with Gasteiger partial charge in [0.05, 0.1) is 11.6 Å². The van der Waals surface area contributed by atoms with Crippen LogP contribution in [0, 0.1) is 0 Å². The summed E-state index contributed by atoms with van der Waals surface area (Å²) in [5, 5.41) is 3.52. The van der Waals surface area contributed by atoms with Gasteiger partial charge < -0.3 is 9.64 Å². The third kappa shape index (κ3) is 4.52. The topological polar surface area (TPSA) is 46.6 Å². The molecule has 0 saturated carbocycles. The first-order chi connectivity index (χ1) is 12.5. The number of fused-ring (bicyclic) bond motifs is 1. The number of rotatable bonds is 6. The molecule has 26 heavy (non-hydrogen) atoms. The van der Waals surface area contributed by atoms with E-state index >= 15 is 0 Å². The Labute approximate surface area is 164 Å². The van der Waals surface area contributed by atoms with Crippen LogP contribution in [0.4, 0.5) is 0 Å². The van der Waals surface area contributed by atoms with E-state index in [1.54, 1.807) is 24.5 Å². The summed E-state index contributed by atoms with van der Waals surface area (Å²) in [6.07, 6.45) is 2.91. The lowest BCUT2D eigenvalue weighted by molar-refractivity contribution is -0.147. The highest BCUT2D eigenvalue weighted by Gasteiger charge is 2.12. The van der Waals surface area contributed by atoms with E-state index in [4.69, 9.17) is 16.3 Å². The molecule has 7 heteroatoms. The van der Waals surface area contributed by atoms with Gasteiger partial charge in [0.25, 0.3) is 5.91 Å². The van der Waals surface area contributed by atoms with E-state index in [2.05, 4.69) is 0 Å².